The Hall–Kier alpha value is -3.66. The van der Waals surface area contributed by atoms with Gasteiger partial charge in [-0.3, -0.25) is 14.3 Å². The van der Waals surface area contributed by atoms with Gasteiger partial charge >= 0.3 is 0 Å². The molecule has 1 amide bonds. The summed E-state index contributed by atoms with van der Waals surface area (Å²) in [4.78, 5) is 16.3. The van der Waals surface area contributed by atoms with Crippen molar-refractivity contribution in [2.24, 2.45) is 0 Å². The van der Waals surface area contributed by atoms with Crippen LogP contribution in [0.4, 0.5) is 18.9 Å². The highest BCUT2D eigenvalue weighted by molar-refractivity contribution is 7.99. The van der Waals surface area contributed by atoms with Gasteiger partial charge in [0.1, 0.15) is 0 Å². The molecule has 2 aromatic heterocycles. The number of carbonyl (C=O) groups is 1. The van der Waals surface area contributed by atoms with Gasteiger partial charge in [-0.1, -0.05) is 30.0 Å². The number of hydrogen-bond acceptors (Lipinski definition) is 5. The third-order valence-corrected chi connectivity index (χ3v) is 5.16. The molecule has 0 spiro atoms. The van der Waals surface area contributed by atoms with Gasteiger partial charge in [-0.2, -0.15) is 0 Å². The number of para-hydroxylation sites is 1. The minimum absolute atomic E-state index is 0.153. The summed E-state index contributed by atoms with van der Waals surface area (Å²) in [5, 5.41) is 11.1. The maximum Gasteiger partial charge on any atom is 0.234 e. The molecule has 0 unspecified atom stereocenters. The van der Waals surface area contributed by atoms with Gasteiger partial charge in [0.05, 0.1) is 11.4 Å². The highest BCUT2D eigenvalue weighted by atomic mass is 32.2. The minimum atomic E-state index is -1.64. The quantitative estimate of drug-likeness (QED) is 0.353. The fourth-order valence-corrected chi connectivity index (χ4v) is 3.55. The highest BCUT2D eigenvalue weighted by Crippen LogP contribution is 2.28. The fraction of sp³-hybridized carbons (Fsp3) is 0.0476. The van der Waals surface area contributed by atoms with Crippen LogP contribution in [0.5, 0.6) is 0 Å². The first-order valence-corrected chi connectivity index (χ1v) is 10.0. The van der Waals surface area contributed by atoms with Crippen LogP contribution in [0.3, 0.4) is 0 Å². The number of pyridine rings is 1. The molecule has 0 aliphatic rings. The van der Waals surface area contributed by atoms with Crippen molar-refractivity contribution in [3.63, 3.8) is 0 Å². The van der Waals surface area contributed by atoms with Gasteiger partial charge in [-0.25, -0.2) is 13.2 Å². The minimum Gasteiger partial charge on any atom is -0.323 e. The van der Waals surface area contributed by atoms with Crippen molar-refractivity contribution in [1.82, 2.24) is 19.7 Å². The number of anilines is 1. The van der Waals surface area contributed by atoms with E-state index >= 15 is 0 Å². The van der Waals surface area contributed by atoms with Crippen molar-refractivity contribution >= 4 is 23.4 Å². The molecule has 4 rings (SSSR count). The van der Waals surface area contributed by atoms with Crippen LogP contribution in [-0.4, -0.2) is 31.4 Å². The number of nitrogens with zero attached hydrogens (tertiary/aromatic N) is 4. The number of thioether (sulfide) groups is 1. The third kappa shape index (κ3) is 4.43. The van der Waals surface area contributed by atoms with Crippen molar-refractivity contribution in [1.29, 1.82) is 0 Å². The van der Waals surface area contributed by atoms with E-state index in [0.29, 0.717) is 11.0 Å². The number of amides is 1. The van der Waals surface area contributed by atoms with E-state index < -0.39 is 29.0 Å². The third-order valence-electron chi connectivity index (χ3n) is 4.23. The SMILES string of the molecule is O=C(CSc1nnc(-c2ccncc2)n1-c1ccccc1)Nc1ccc(F)c(F)c1F. The number of halogens is 3. The molecule has 0 bridgehead atoms. The van der Waals surface area contributed by atoms with Crippen LogP contribution in [0, 0.1) is 17.5 Å². The zero-order chi connectivity index (χ0) is 21.8. The van der Waals surface area contributed by atoms with E-state index in [1.165, 1.54) is 0 Å². The first kappa shape index (κ1) is 20.6. The van der Waals surface area contributed by atoms with E-state index in [9.17, 15) is 18.0 Å². The Morgan fingerprint density at radius 1 is 0.935 bits per heavy atom. The zero-order valence-corrected chi connectivity index (χ0v) is 16.6. The van der Waals surface area contributed by atoms with Crippen LogP contribution in [0.25, 0.3) is 17.1 Å². The van der Waals surface area contributed by atoms with Gasteiger partial charge in [-0.15, -0.1) is 10.2 Å². The standard InChI is InChI=1S/C21H14F3N5OS/c22-15-6-7-16(19(24)18(15)23)26-17(30)12-31-21-28-27-20(13-8-10-25-11-9-13)29(21)14-4-2-1-3-5-14/h1-11H,12H2,(H,26,30). The van der Waals surface area contributed by atoms with Crippen LogP contribution in [-0.2, 0) is 4.79 Å². The average Bonchev–Trinajstić information content (AvgIpc) is 3.23. The van der Waals surface area contributed by atoms with E-state index in [4.69, 9.17) is 0 Å². The van der Waals surface area contributed by atoms with E-state index in [1.54, 1.807) is 29.1 Å². The Bertz CT molecular complexity index is 1220. The molecular formula is C21H14F3N5OS. The molecule has 0 aliphatic heterocycles. The first-order chi connectivity index (χ1) is 15.0. The summed E-state index contributed by atoms with van der Waals surface area (Å²) >= 11 is 1.07. The highest BCUT2D eigenvalue weighted by Gasteiger charge is 2.19. The van der Waals surface area contributed by atoms with Gasteiger partial charge < -0.3 is 5.32 Å². The summed E-state index contributed by atoms with van der Waals surface area (Å²) in [6.45, 7) is 0. The molecule has 0 saturated carbocycles. The lowest BCUT2D eigenvalue weighted by Gasteiger charge is -2.10. The van der Waals surface area contributed by atoms with Crippen molar-refractivity contribution in [2.75, 3.05) is 11.1 Å². The Morgan fingerprint density at radius 3 is 2.42 bits per heavy atom. The average molecular weight is 441 g/mol. The van der Waals surface area contributed by atoms with Crippen LogP contribution in [0.1, 0.15) is 0 Å². The lowest BCUT2D eigenvalue weighted by molar-refractivity contribution is -0.113. The molecule has 0 fully saturated rings. The van der Waals surface area contributed by atoms with Gasteiger partial charge in [-0.05, 0) is 36.4 Å². The molecule has 31 heavy (non-hydrogen) atoms. The normalized spacial score (nSPS) is 10.8. The smallest absolute Gasteiger partial charge is 0.234 e. The van der Waals surface area contributed by atoms with Gasteiger partial charge in [0.15, 0.2) is 28.4 Å². The van der Waals surface area contributed by atoms with Crippen LogP contribution >= 0.6 is 11.8 Å². The maximum absolute atomic E-state index is 13.8. The largest absolute Gasteiger partial charge is 0.323 e. The predicted octanol–water partition coefficient (Wildman–Crippen LogP) is 4.48. The summed E-state index contributed by atoms with van der Waals surface area (Å²) in [6.07, 6.45) is 3.27. The second kappa shape index (κ2) is 9.00. The van der Waals surface area contributed by atoms with Crippen LogP contribution in [0.2, 0.25) is 0 Å². The summed E-state index contributed by atoms with van der Waals surface area (Å²) in [5.74, 6) is -4.63. The number of benzene rings is 2. The van der Waals surface area contributed by atoms with Crippen molar-refractivity contribution < 1.29 is 18.0 Å². The number of nitrogens with one attached hydrogen (secondary N) is 1. The van der Waals surface area contributed by atoms with Gasteiger partial charge in [0, 0.05) is 23.6 Å². The Morgan fingerprint density at radius 2 is 1.68 bits per heavy atom. The van der Waals surface area contributed by atoms with Gasteiger partial charge in [0.2, 0.25) is 5.91 Å². The monoisotopic (exact) mass is 441 g/mol. The summed E-state index contributed by atoms with van der Waals surface area (Å²) in [7, 11) is 0. The topological polar surface area (TPSA) is 72.7 Å². The van der Waals surface area contributed by atoms with E-state index in [-0.39, 0.29) is 5.75 Å². The summed E-state index contributed by atoms with van der Waals surface area (Å²) in [6, 6.07) is 14.6. The first-order valence-electron chi connectivity index (χ1n) is 9.02. The van der Waals surface area contributed by atoms with Crippen LogP contribution in [0.15, 0.2) is 72.1 Å². The van der Waals surface area contributed by atoms with E-state index in [1.807, 2.05) is 30.3 Å². The molecule has 1 N–H and O–H groups in total. The molecule has 156 valence electrons. The summed E-state index contributed by atoms with van der Waals surface area (Å²) in [5.41, 5.74) is 1.13. The second-order valence-electron chi connectivity index (χ2n) is 6.27. The number of aromatic nitrogens is 4. The second-order valence-corrected chi connectivity index (χ2v) is 7.22. The Labute approximate surface area is 179 Å². The number of carbonyl (C=O) groups excluding carboxylic acids is 1. The summed E-state index contributed by atoms with van der Waals surface area (Å²) < 4.78 is 42.0. The lowest BCUT2D eigenvalue weighted by atomic mass is 10.2. The molecule has 0 radical (unpaired) electrons. The zero-order valence-electron chi connectivity index (χ0n) is 15.8. The maximum atomic E-state index is 13.8. The molecule has 6 nitrogen and oxygen atoms in total. The number of hydrogen-bond donors (Lipinski definition) is 1. The van der Waals surface area contributed by atoms with E-state index in [2.05, 4.69) is 20.5 Å². The van der Waals surface area contributed by atoms with Crippen LogP contribution < -0.4 is 5.32 Å². The predicted molar refractivity (Wildman–Crippen MR) is 110 cm³/mol. The van der Waals surface area contributed by atoms with Crippen molar-refractivity contribution in [3.05, 3.63) is 84.4 Å². The van der Waals surface area contributed by atoms with Gasteiger partial charge in [0.25, 0.3) is 0 Å². The molecule has 0 saturated heterocycles. The molecule has 0 atom stereocenters. The Kier molecular flexibility index (Phi) is 5.99. The van der Waals surface area contributed by atoms with Crippen molar-refractivity contribution in [3.8, 4) is 17.1 Å². The Balaban J connectivity index is 1.57. The molecule has 2 aromatic carbocycles. The lowest BCUT2D eigenvalue weighted by Crippen LogP contribution is -2.16. The molecule has 4 aromatic rings. The molecular weight excluding hydrogens is 427 g/mol. The van der Waals surface area contributed by atoms with Crippen molar-refractivity contribution in [2.45, 2.75) is 5.16 Å². The fourth-order valence-electron chi connectivity index (χ4n) is 2.80. The molecule has 2 heterocycles. The molecule has 10 heteroatoms. The molecule has 0 aliphatic carbocycles. The van der Waals surface area contributed by atoms with E-state index in [0.717, 1.165) is 35.1 Å². The number of rotatable bonds is 6.